The molecular weight excluding hydrogens is 256 g/mol. The predicted octanol–water partition coefficient (Wildman–Crippen LogP) is 2.86. The normalized spacial score (nSPS) is 10.3. The highest BCUT2D eigenvalue weighted by Crippen LogP contribution is 2.29. The zero-order valence-electron chi connectivity index (χ0n) is 8.57. The van der Waals surface area contributed by atoms with Crippen LogP contribution >= 0.6 is 15.9 Å². The number of imidazole rings is 1. The number of rotatable bonds is 2. The number of ether oxygens (including phenoxy) is 1. The van der Waals surface area contributed by atoms with Crippen LogP contribution in [0.1, 0.15) is 0 Å². The quantitative estimate of drug-likeness (QED) is 0.836. The fourth-order valence-electron chi connectivity index (χ4n) is 1.45. The summed E-state index contributed by atoms with van der Waals surface area (Å²) in [7, 11) is 3.63. The van der Waals surface area contributed by atoms with E-state index in [1.165, 1.54) is 0 Å². The molecule has 0 aliphatic rings. The fourth-order valence-corrected chi connectivity index (χ4v) is 1.99. The molecule has 1 aromatic carbocycles. The van der Waals surface area contributed by atoms with Crippen LogP contribution in [0.3, 0.4) is 0 Å². The zero-order chi connectivity index (χ0) is 10.8. The third kappa shape index (κ3) is 1.90. The Morgan fingerprint density at radius 3 is 2.73 bits per heavy atom. The van der Waals surface area contributed by atoms with Crippen LogP contribution in [-0.4, -0.2) is 16.7 Å². The number of benzene rings is 1. The zero-order valence-corrected chi connectivity index (χ0v) is 10.2. The summed E-state index contributed by atoms with van der Waals surface area (Å²) in [6.45, 7) is 0. The molecule has 0 saturated heterocycles. The molecule has 1 aromatic heterocycles. The molecule has 0 aliphatic carbocycles. The lowest BCUT2D eigenvalue weighted by atomic mass is 10.2. The monoisotopic (exact) mass is 266 g/mol. The second kappa shape index (κ2) is 4.06. The number of hydrogen-bond donors (Lipinski definition) is 0. The van der Waals surface area contributed by atoms with Crippen LogP contribution in [0.4, 0.5) is 0 Å². The standard InChI is InChI=1S/C11H11BrN2O/c1-14-6-5-13-11(14)8-3-4-10(15-2)9(12)7-8/h3-7H,1-2H3. The van der Waals surface area contributed by atoms with Crippen LogP contribution in [0, 0.1) is 0 Å². The number of nitrogens with zero attached hydrogens (tertiary/aromatic N) is 2. The molecule has 0 spiro atoms. The highest BCUT2D eigenvalue weighted by molar-refractivity contribution is 9.10. The molecule has 2 rings (SSSR count). The van der Waals surface area contributed by atoms with Crippen molar-refractivity contribution >= 4 is 15.9 Å². The van der Waals surface area contributed by atoms with E-state index in [0.717, 1.165) is 21.6 Å². The molecule has 78 valence electrons. The second-order valence-electron chi connectivity index (χ2n) is 3.21. The minimum atomic E-state index is 0.827. The van der Waals surface area contributed by atoms with E-state index in [1.54, 1.807) is 13.3 Å². The van der Waals surface area contributed by atoms with Gasteiger partial charge >= 0.3 is 0 Å². The third-order valence-electron chi connectivity index (χ3n) is 2.23. The van der Waals surface area contributed by atoms with Gasteiger partial charge in [0.15, 0.2) is 0 Å². The Bertz CT molecular complexity index is 479. The van der Waals surface area contributed by atoms with E-state index >= 15 is 0 Å². The SMILES string of the molecule is COc1ccc(-c2nccn2C)cc1Br. The average Bonchev–Trinajstić information content (AvgIpc) is 2.64. The molecule has 0 amide bonds. The van der Waals surface area contributed by atoms with Gasteiger partial charge in [-0.2, -0.15) is 0 Å². The van der Waals surface area contributed by atoms with Crippen molar-refractivity contribution in [1.29, 1.82) is 0 Å². The van der Waals surface area contributed by atoms with Gasteiger partial charge in [-0.05, 0) is 34.1 Å². The summed E-state index contributed by atoms with van der Waals surface area (Å²) in [6.07, 6.45) is 3.71. The van der Waals surface area contributed by atoms with Crippen molar-refractivity contribution in [1.82, 2.24) is 9.55 Å². The van der Waals surface area contributed by atoms with Crippen LogP contribution in [-0.2, 0) is 7.05 Å². The van der Waals surface area contributed by atoms with E-state index in [4.69, 9.17) is 4.74 Å². The molecule has 0 radical (unpaired) electrons. The lowest BCUT2D eigenvalue weighted by molar-refractivity contribution is 0.412. The highest BCUT2D eigenvalue weighted by atomic mass is 79.9. The first-order valence-corrected chi connectivity index (χ1v) is 5.33. The van der Waals surface area contributed by atoms with Gasteiger partial charge in [-0.1, -0.05) is 0 Å². The highest BCUT2D eigenvalue weighted by Gasteiger charge is 2.06. The number of aryl methyl sites for hydroxylation is 1. The van der Waals surface area contributed by atoms with E-state index in [9.17, 15) is 0 Å². The van der Waals surface area contributed by atoms with Gasteiger partial charge in [0, 0.05) is 25.0 Å². The summed E-state index contributed by atoms with van der Waals surface area (Å²) in [5, 5.41) is 0. The molecule has 0 N–H and O–H groups in total. The lowest BCUT2D eigenvalue weighted by Gasteiger charge is -2.06. The van der Waals surface area contributed by atoms with Crippen LogP contribution in [0.2, 0.25) is 0 Å². The van der Waals surface area contributed by atoms with Gasteiger partial charge in [0.1, 0.15) is 11.6 Å². The number of hydrogen-bond acceptors (Lipinski definition) is 2. The summed E-state index contributed by atoms with van der Waals surface area (Å²) in [5.74, 6) is 1.77. The Balaban J connectivity index is 2.47. The van der Waals surface area contributed by atoms with Crippen molar-refractivity contribution in [2.45, 2.75) is 0 Å². The van der Waals surface area contributed by atoms with Gasteiger partial charge in [0.05, 0.1) is 11.6 Å². The largest absolute Gasteiger partial charge is 0.496 e. The maximum absolute atomic E-state index is 5.17. The first-order chi connectivity index (χ1) is 7.22. The van der Waals surface area contributed by atoms with Crippen molar-refractivity contribution in [3.05, 3.63) is 35.1 Å². The number of aromatic nitrogens is 2. The third-order valence-corrected chi connectivity index (χ3v) is 2.85. The molecule has 15 heavy (non-hydrogen) atoms. The molecule has 3 nitrogen and oxygen atoms in total. The summed E-state index contributed by atoms with van der Waals surface area (Å²) in [4.78, 5) is 4.28. The average molecular weight is 267 g/mol. The van der Waals surface area contributed by atoms with E-state index in [-0.39, 0.29) is 0 Å². The smallest absolute Gasteiger partial charge is 0.139 e. The number of methoxy groups -OCH3 is 1. The van der Waals surface area contributed by atoms with Crippen molar-refractivity contribution in [3.63, 3.8) is 0 Å². The summed E-state index contributed by atoms with van der Waals surface area (Å²) < 4.78 is 8.09. The minimum absolute atomic E-state index is 0.827. The summed E-state index contributed by atoms with van der Waals surface area (Å²) >= 11 is 3.46. The Kier molecular flexibility index (Phi) is 2.77. The van der Waals surface area contributed by atoms with Gasteiger partial charge in [0.25, 0.3) is 0 Å². The summed E-state index contributed by atoms with van der Waals surface area (Å²) in [5.41, 5.74) is 1.06. The topological polar surface area (TPSA) is 27.1 Å². The molecule has 0 bridgehead atoms. The summed E-state index contributed by atoms with van der Waals surface area (Å²) in [6, 6.07) is 5.92. The molecule has 2 aromatic rings. The molecule has 4 heteroatoms. The van der Waals surface area contributed by atoms with Gasteiger partial charge in [-0.15, -0.1) is 0 Å². The first-order valence-electron chi connectivity index (χ1n) is 4.53. The van der Waals surface area contributed by atoms with E-state index in [2.05, 4.69) is 20.9 Å². The molecule has 0 fully saturated rings. The fraction of sp³-hybridized carbons (Fsp3) is 0.182. The molecular formula is C11H11BrN2O. The van der Waals surface area contributed by atoms with Gasteiger partial charge < -0.3 is 9.30 Å². The minimum Gasteiger partial charge on any atom is -0.496 e. The van der Waals surface area contributed by atoms with Crippen LogP contribution in [0.15, 0.2) is 35.1 Å². The van der Waals surface area contributed by atoms with Crippen molar-refractivity contribution in [3.8, 4) is 17.1 Å². The van der Waals surface area contributed by atoms with Crippen molar-refractivity contribution in [2.75, 3.05) is 7.11 Å². The van der Waals surface area contributed by atoms with E-state index in [0.29, 0.717) is 0 Å². The van der Waals surface area contributed by atoms with Crippen LogP contribution < -0.4 is 4.74 Å². The van der Waals surface area contributed by atoms with Crippen LogP contribution in [0.5, 0.6) is 5.75 Å². The Morgan fingerprint density at radius 2 is 2.20 bits per heavy atom. The molecule has 0 unspecified atom stereocenters. The van der Waals surface area contributed by atoms with Crippen molar-refractivity contribution < 1.29 is 4.74 Å². The van der Waals surface area contributed by atoms with E-state index in [1.807, 2.05) is 36.0 Å². The Morgan fingerprint density at radius 1 is 1.40 bits per heavy atom. The molecule has 0 atom stereocenters. The van der Waals surface area contributed by atoms with E-state index < -0.39 is 0 Å². The second-order valence-corrected chi connectivity index (χ2v) is 4.07. The number of halogens is 1. The predicted molar refractivity (Wildman–Crippen MR) is 62.9 cm³/mol. The first kappa shape index (κ1) is 10.2. The maximum atomic E-state index is 5.17. The Hall–Kier alpha value is -1.29. The van der Waals surface area contributed by atoms with Gasteiger partial charge in [-0.25, -0.2) is 4.98 Å². The lowest BCUT2D eigenvalue weighted by Crippen LogP contribution is -1.92. The molecule has 0 saturated carbocycles. The van der Waals surface area contributed by atoms with Gasteiger partial charge in [-0.3, -0.25) is 0 Å². The maximum Gasteiger partial charge on any atom is 0.139 e. The molecule has 0 aliphatic heterocycles. The van der Waals surface area contributed by atoms with Crippen LogP contribution in [0.25, 0.3) is 11.4 Å². The Labute approximate surface area is 96.8 Å². The van der Waals surface area contributed by atoms with Gasteiger partial charge in [0.2, 0.25) is 0 Å². The van der Waals surface area contributed by atoms with Crippen molar-refractivity contribution in [2.24, 2.45) is 7.05 Å². The molecule has 1 heterocycles.